The Morgan fingerprint density at radius 2 is 1.44 bits per heavy atom. The summed E-state index contributed by atoms with van der Waals surface area (Å²) in [7, 11) is 0. The standard InChI is InChI=1S/C30H50N8O10/c1-15(2)13-19(26(43)34-16(3)30(47)48)35-23(41)14-33-25(42)18(9-10-22(31)40)36-27(44)20-7-5-11-37(20)28(45)21-8-6-12-38(21)29(46)24(32)17(4)39/h15-21,24,39H,5-14,32H2,1-4H3,(H2,31,40)(H,33,42)(H,34,43)(H,35,41)(H,36,44)(H,47,48)/t16-,17+,18-,19-,20-,21-,24-/m0/s1. The molecule has 0 aromatic rings. The Morgan fingerprint density at radius 1 is 0.833 bits per heavy atom. The van der Waals surface area contributed by atoms with E-state index in [1.165, 1.54) is 23.6 Å². The number of primary amides is 1. The van der Waals surface area contributed by atoms with Gasteiger partial charge in [-0.3, -0.25) is 38.4 Å². The molecule has 2 rings (SSSR count). The Bertz CT molecular complexity index is 1230. The third-order valence-corrected chi connectivity index (χ3v) is 8.29. The van der Waals surface area contributed by atoms with Gasteiger partial charge in [0.25, 0.3) is 0 Å². The SMILES string of the molecule is CC(C)C[C@H](NC(=O)CNC(=O)[C@H](CCC(N)=O)NC(=O)[C@@H]1CCCN1C(=O)[C@@H]1CCCN1C(=O)[C@@H](N)[C@@H](C)O)C(=O)N[C@@H](C)C(=O)O. The van der Waals surface area contributed by atoms with Gasteiger partial charge in [-0.2, -0.15) is 0 Å². The lowest BCUT2D eigenvalue weighted by Gasteiger charge is -2.33. The summed E-state index contributed by atoms with van der Waals surface area (Å²) in [6.45, 7) is 6.15. The molecule has 7 amide bonds. The molecule has 2 fully saturated rings. The smallest absolute Gasteiger partial charge is 0.325 e. The minimum absolute atomic E-state index is 0.0507. The molecule has 2 aliphatic heterocycles. The zero-order chi connectivity index (χ0) is 36.3. The quantitative estimate of drug-likeness (QED) is 0.0751. The van der Waals surface area contributed by atoms with E-state index in [1.807, 2.05) is 0 Å². The zero-order valence-electron chi connectivity index (χ0n) is 27.9. The molecular formula is C30H50N8O10. The molecular weight excluding hydrogens is 632 g/mol. The van der Waals surface area contributed by atoms with Gasteiger partial charge in [0.05, 0.1) is 12.6 Å². The van der Waals surface area contributed by atoms with Gasteiger partial charge in [-0.25, -0.2) is 0 Å². The fourth-order valence-corrected chi connectivity index (χ4v) is 5.62. The predicted octanol–water partition coefficient (Wildman–Crippen LogP) is -3.34. The van der Waals surface area contributed by atoms with Crippen molar-refractivity contribution in [1.82, 2.24) is 31.1 Å². The van der Waals surface area contributed by atoms with Crippen LogP contribution in [-0.4, -0.2) is 129 Å². The number of amides is 7. The molecule has 0 spiro atoms. The van der Waals surface area contributed by atoms with Crippen LogP contribution in [0.25, 0.3) is 0 Å². The fourth-order valence-electron chi connectivity index (χ4n) is 5.62. The van der Waals surface area contributed by atoms with Crippen LogP contribution in [0, 0.1) is 5.92 Å². The fraction of sp³-hybridized carbons (Fsp3) is 0.733. The molecule has 18 nitrogen and oxygen atoms in total. The molecule has 10 N–H and O–H groups in total. The van der Waals surface area contributed by atoms with Crippen molar-refractivity contribution in [2.24, 2.45) is 17.4 Å². The molecule has 0 aromatic carbocycles. The van der Waals surface area contributed by atoms with Gasteiger partial charge >= 0.3 is 5.97 Å². The maximum Gasteiger partial charge on any atom is 0.325 e. The van der Waals surface area contributed by atoms with Crippen LogP contribution < -0.4 is 32.7 Å². The van der Waals surface area contributed by atoms with E-state index in [4.69, 9.17) is 16.6 Å². The van der Waals surface area contributed by atoms with Crippen LogP contribution in [0.2, 0.25) is 0 Å². The number of aliphatic hydroxyl groups excluding tert-OH is 1. The first-order valence-electron chi connectivity index (χ1n) is 16.2. The summed E-state index contributed by atoms with van der Waals surface area (Å²) in [6.07, 6.45) is 0.221. The van der Waals surface area contributed by atoms with E-state index < -0.39 is 96.2 Å². The first kappa shape index (κ1) is 39.9. The summed E-state index contributed by atoms with van der Waals surface area (Å²) in [5.74, 6) is -6.04. The molecule has 18 heteroatoms. The lowest BCUT2D eigenvalue weighted by molar-refractivity contribution is -0.148. The first-order chi connectivity index (χ1) is 22.4. The Morgan fingerprint density at radius 3 is 2.00 bits per heavy atom. The third-order valence-electron chi connectivity index (χ3n) is 8.29. The number of carbonyl (C=O) groups excluding carboxylic acids is 7. The number of carbonyl (C=O) groups is 8. The molecule has 48 heavy (non-hydrogen) atoms. The second-order valence-electron chi connectivity index (χ2n) is 12.7. The Kier molecular flexibility index (Phi) is 15.2. The Balaban J connectivity index is 2.09. The number of carboxylic acids is 1. The molecule has 0 unspecified atom stereocenters. The van der Waals surface area contributed by atoms with E-state index in [-0.39, 0.29) is 44.7 Å². The summed E-state index contributed by atoms with van der Waals surface area (Å²) in [5, 5.41) is 28.6. The van der Waals surface area contributed by atoms with Crippen molar-refractivity contribution in [3.63, 3.8) is 0 Å². The number of rotatable bonds is 17. The van der Waals surface area contributed by atoms with Gasteiger partial charge in [-0.15, -0.1) is 0 Å². The largest absolute Gasteiger partial charge is 0.480 e. The Hall–Kier alpha value is -4.32. The number of nitrogens with two attached hydrogens (primary N) is 2. The van der Waals surface area contributed by atoms with Crippen molar-refractivity contribution in [2.45, 2.75) is 115 Å². The average Bonchev–Trinajstić information content (AvgIpc) is 3.70. The lowest BCUT2D eigenvalue weighted by Crippen LogP contribution is -2.58. The van der Waals surface area contributed by atoms with Crippen molar-refractivity contribution in [2.75, 3.05) is 19.6 Å². The predicted molar refractivity (Wildman–Crippen MR) is 169 cm³/mol. The van der Waals surface area contributed by atoms with E-state index in [0.717, 1.165) is 0 Å². The van der Waals surface area contributed by atoms with Crippen molar-refractivity contribution in [1.29, 1.82) is 0 Å². The minimum atomic E-state index is -1.31. The molecule has 0 saturated carbocycles. The maximum atomic E-state index is 13.6. The second kappa shape index (κ2) is 18.3. The van der Waals surface area contributed by atoms with Gasteiger partial charge in [0, 0.05) is 19.5 Å². The highest BCUT2D eigenvalue weighted by atomic mass is 16.4. The van der Waals surface area contributed by atoms with Gasteiger partial charge < -0.3 is 52.7 Å². The molecule has 0 radical (unpaired) electrons. The number of nitrogens with zero attached hydrogens (tertiary/aromatic N) is 2. The number of likely N-dealkylation sites (tertiary alicyclic amines) is 2. The number of carboxylic acid groups (broad SMARTS) is 1. The van der Waals surface area contributed by atoms with E-state index >= 15 is 0 Å². The van der Waals surface area contributed by atoms with Crippen LogP contribution in [-0.2, 0) is 38.4 Å². The van der Waals surface area contributed by atoms with Crippen molar-refractivity contribution in [3.05, 3.63) is 0 Å². The summed E-state index contributed by atoms with van der Waals surface area (Å²) in [4.78, 5) is 104. The van der Waals surface area contributed by atoms with Crippen LogP contribution in [0.4, 0.5) is 0 Å². The maximum absolute atomic E-state index is 13.6. The first-order valence-corrected chi connectivity index (χ1v) is 16.2. The van der Waals surface area contributed by atoms with Gasteiger partial charge in [0.2, 0.25) is 41.4 Å². The molecule has 2 aliphatic rings. The highest BCUT2D eigenvalue weighted by Gasteiger charge is 2.44. The summed E-state index contributed by atoms with van der Waals surface area (Å²) >= 11 is 0. The molecule has 7 atom stereocenters. The molecule has 0 bridgehead atoms. The Labute approximate surface area is 279 Å². The van der Waals surface area contributed by atoms with E-state index in [2.05, 4.69) is 21.3 Å². The monoisotopic (exact) mass is 682 g/mol. The highest BCUT2D eigenvalue weighted by Crippen LogP contribution is 2.26. The number of aliphatic hydroxyl groups is 1. The molecule has 2 heterocycles. The number of nitrogens with one attached hydrogen (secondary N) is 4. The van der Waals surface area contributed by atoms with Gasteiger partial charge in [0.15, 0.2) is 0 Å². The molecule has 270 valence electrons. The summed E-state index contributed by atoms with van der Waals surface area (Å²) in [6, 6.07) is -6.64. The van der Waals surface area contributed by atoms with Crippen LogP contribution in [0.5, 0.6) is 0 Å². The van der Waals surface area contributed by atoms with E-state index in [1.54, 1.807) is 13.8 Å². The minimum Gasteiger partial charge on any atom is -0.480 e. The molecule has 0 aliphatic carbocycles. The van der Waals surface area contributed by atoms with Crippen molar-refractivity contribution < 1.29 is 48.6 Å². The van der Waals surface area contributed by atoms with Gasteiger partial charge in [0.1, 0.15) is 36.3 Å². The van der Waals surface area contributed by atoms with Crippen LogP contribution in [0.3, 0.4) is 0 Å². The second-order valence-corrected chi connectivity index (χ2v) is 12.7. The normalized spacial score (nSPS) is 20.6. The highest BCUT2D eigenvalue weighted by molar-refractivity contribution is 5.97. The number of hydrogen-bond donors (Lipinski definition) is 8. The zero-order valence-corrected chi connectivity index (χ0v) is 27.9. The molecule has 2 saturated heterocycles. The summed E-state index contributed by atoms with van der Waals surface area (Å²) in [5.41, 5.74) is 11.1. The number of hydrogen-bond acceptors (Lipinski definition) is 10. The van der Waals surface area contributed by atoms with E-state index in [9.17, 15) is 43.5 Å². The number of aliphatic carboxylic acids is 1. The molecule has 0 aromatic heterocycles. The summed E-state index contributed by atoms with van der Waals surface area (Å²) < 4.78 is 0. The van der Waals surface area contributed by atoms with Crippen LogP contribution in [0.15, 0.2) is 0 Å². The van der Waals surface area contributed by atoms with E-state index in [0.29, 0.717) is 19.3 Å². The lowest BCUT2D eigenvalue weighted by atomic mass is 10.0. The average molecular weight is 683 g/mol. The van der Waals surface area contributed by atoms with Gasteiger partial charge in [-0.1, -0.05) is 13.8 Å². The van der Waals surface area contributed by atoms with Gasteiger partial charge in [-0.05, 0) is 58.3 Å². The van der Waals surface area contributed by atoms with Crippen LogP contribution in [0.1, 0.15) is 72.6 Å². The third kappa shape index (κ3) is 11.4. The van der Waals surface area contributed by atoms with Crippen LogP contribution >= 0.6 is 0 Å². The topological polar surface area (TPSA) is 284 Å². The van der Waals surface area contributed by atoms with Crippen molar-refractivity contribution in [3.8, 4) is 0 Å². The van der Waals surface area contributed by atoms with Crippen molar-refractivity contribution >= 4 is 47.3 Å².